The standard InChI is InChI=1S/C19H23ClN4O2S/c1-12(2)11-21-17(25)18-23-15-6-8-24(9-7-16(15)27-18)19(26)22-14-5-3-4-13(20)10-14/h3-5,10,12H,6-9,11H2,1-2H3,(H,21,25)(H,22,26). The molecule has 0 aliphatic carbocycles. The maximum absolute atomic E-state index is 12.5. The summed E-state index contributed by atoms with van der Waals surface area (Å²) in [7, 11) is 0. The number of halogens is 1. The van der Waals surface area contributed by atoms with E-state index in [0.717, 1.165) is 10.6 Å². The molecular formula is C19H23ClN4O2S. The zero-order valence-corrected chi connectivity index (χ0v) is 17.0. The largest absolute Gasteiger partial charge is 0.350 e. The summed E-state index contributed by atoms with van der Waals surface area (Å²) in [6.07, 6.45) is 1.35. The van der Waals surface area contributed by atoms with Crippen molar-refractivity contribution >= 4 is 40.6 Å². The number of urea groups is 1. The van der Waals surface area contributed by atoms with Crippen molar-refractivity contribution < 1.29 is 9.59 Å². The Morgan fingerprint density at radius 2 is 2.07 bits per heavy atom. The highest BCUT2D eigenvalue weighted by Gasteiger charge is 2.23. The number of benzene rings is 1. The van der Waals surface area contributed by atoms with E-state index in [1.165, 1.54) is 11.3 Å². The number of carbonyl (C=O) groups is 2. The van der Waals surface area contributed by atoms with Gasteiger partial charge >= 0.3 is 6.03 Å². The first kappa shape index (κ1) is 19.6. The summed E-state index contributed by atoms with van der Waals surface area (Å²) in [5, 5.41) is 6.88. The van der Waals surface area contributed by atoms with Crippen LogP contribution in [0.15, 0.2) is 24.3 Å². The first-order chi connectivity index (χ1) is 12.9. The van der Waals surface area contributed by atoms with Crippen LogP contribution in [0.1, 0.15) is 34.2 Å². The van der Waals surface area contributed by atoms with Crippen molar-refractivity contribution in [1.29, 1.82) is 0 Å². The van der Waals surface area contributed by atoms with Gasteiger partial charge in [-0.3, -0.25) is 4.79 Å². The molecule has 2 heterocycles. The minimum absolute atomic E-state index is 0.114. The summed E-state index contributed by atoms with van der Waals surface area (Å²) in [6.45, 7) is 5.91. The van der Waals surface area contributed by atoms with E-state index >= 15 is 0 Å². The Hall–Kier alpha value is -2.12. The molecular weight excluding hydrogens is 384 g/mol. The number of nitrogens with one attached hydrogen (secondary N) is 2. The van der Waals surface area contributed by atoms with E-state index in [2.05, 4.69) is 29.5 Å². The van der Waals surface area contributed by atoms with Gasteiger partial charge in [0.15, 0.2) is 5.01 Å². The van der Waals surface area contributed by atoms with E-state index in [9.17, 15) is 9.59 Å². The lowest BCUT2D eigenvalue weighted by Gasteiger charge is -2.20. The summed E-state index contributed by atoms with van der Waals surface area (Å²) in [5.74, 6) is 0.288. The Kier molecular flexibility index (Phi) is 6.34. The lowest BCUT2D eigenvalue weighted by atomic mass is 10.2. The van der Waals surface area contributed by atoms with Crippen LogP contribution in [0, 0.1) is 5.92 Å². The number of aromatic nitrogens is 1. The van der Waals surface area contributed by atoms with Crippen molar-refractivity contribution in [2.75, 3.05) is 25.0 Å². The van der Waals surface area contributed by atoms with Crippen LogP contribution < -0.4 is 10.6 Å². The summed E-state index contributed by atoms with van der Waals surface area (Å²) >= 11 is 7.39. The van der Waals surface area contributed by atoms with Gasteiger partial charge in [-0.1, -0.05) is 31.5 Å². The highest BCUT2D eigenvalue weighted by Crippen LogP contribution is 2.23. The second-order valence-electron chi connectivity index (χ2n) is 6.92. The first-order valence-corrected chi connectivity index (χ1v) is 10.2. The van der Waals surface area contributed by atoms with Crippen LogP contribution in [0.25, 0.3) is 0 Å². The summed E-state index contributed by atoms with van der Waals surface area (Å²) in [4.78, 5) is 32.1. The van der Waals surface area contributed by atoms with Crippen molar-refractivity contribution in [3.63, 3.8) is 0 Å². The Bertz CT molecular complexity index is 811. The van der Waals surface area contributed by atoms with E-state index in [1.807, 2.05) is 6.07 Å². The van der Waals surface area contributed by atoms with Gasteiger partial charge in [0.25, 0.3) is 5.91 Å². The van der Waals surface area contributed by atoms with Crippen LogP contribution in [0.5, 0.6) is 0 Å². The van der Waals surface area contributed by atoms with E-state index in [4.69, 9.17) is 11.6 Å². The average Bonchev–Trinajstić information content (AvgIpc) is 2.92. The molecule has 3 rings (SSSR count). The Labute approximate surface area is 167 Å². The molecule has 0 spiro atoms. The fourth-order valence-corrected chi connectivity index (χ4v) is 4.01. The normalized spacial score (nSPS) is 13.9. The molecule has 1 aromatic carbocycles. The Balaban J connectivity index is 1.59. The van der Waals surface area contributed by atoms with Gasteiger partial charge < -0.3 is 15.5 Å². The number of nitrogens with zero attached hydrogens (tertiary/aromatic N) is 2. The van der Waals surface area contributed by atoms with Gasteiger partial charge in [-0.2, -0.15) is 0 Å². The third-order valence-electron chi connectivity index (χ3n) is 4.23. The molecule has 0 saturated heterocycles. The molecule has 0 atom stereocenters. The molecule has 1 aromatic heterocycles. The molecule has 144 valence electrons. The molecule has 27 heavy (non-hydrogen) atoms. The minimum atomic E-state index is -0.151. The van der Waals surface area contributed by atoms with Gasteiger partial charge in [-0.15, -0.1) is 11.3 Å². The maximum atomic E-state index is 12.5. The monoisotopic (exact) mass is 406 g/mol. The van der Waals surface area contributed by atoms with Crippen LogP contribution in [0.4, 0.5) is 10.5 Å². The fourth-order valence-electron chi connectivity index (χ4n) is 2.80. The highest BCUT2D eigenvalue weighted by atomic mass is 35.5. The molecule has 1 aliphatic rings. The predicted octanol–water partition coefficient (Wildman–Crippen LogP) is 3.82. The number of amides is 3. The minimum Gasteiger partial charge on any atom is -0.350 e. The molecule has 2 N–H and O–H groups in total. The van der Waals surface area contributed by atoms with Crippen molar-refractivity contribution in [3.8, 4) is 0 Å². The summed E-state index contributed by atoms with van der Waals surface area (Å²) in [5.41, 5.74) is 1.60. The van der Waals surface area contributed by atoms with Crippen molar-refractivity contribution in [3.05, 3.63) is 44.9 Å². The number of carbonyl (C=O) groups excluding carboxylic acids is 2. The van der Waals surface area contributed by atoms with Gasteiger partial charge in [0, 0.05) is 48.1 Å². The van der Waals surface area contributed by atoms with Crippen LogP contribution in [-0.2, 0) is 12.8 Å². The number of hydrogen-bond donors (Lipinski definition) is 2. The third-order valence-corrected chi connectivity index (χ3v) is 5.63. The first-order valence-electron chi connectivity index (χ1n) is 9.00. The number of thiazole rings is 1. The molecule has 8 heteroatoms. The molecule has 1 aliphatic heterocycles. The topological polar surface area (TPSA) is 74.3 Å². The van der Waals surface area contributed by atoms with Gasteiger partial charge in [0.05, 0.1) is 5.69 Å². The fraction of sp³-hybridized carbons (Fsp3) is 0.421. The third kappa shape index (κ3) is 5.20. The molecule has 0 radical (unpaired) electrons. The van der Waals surface area contributed by atoms with Crippen molar-refractivity contribution in [1.82, 2.24) is 15.2 Å². The van der Waals surface area contributed by atoms with E-state index in [-0.39, 0.29) is 11.9 Å². The number of hydrogen-bond acceptors (Lipinski definition) is 4. The summed E-state index contributed by atoms with van der Waals surface area (Å²) < 4.78 is 0. The van der Waals surface area contributed by atoms with Crippen LogP contribution >= 0.6 is 22.9 Å². The molecule has 0 saturated carbocycles. The SMILES string of the molecule is CC(C)CNC(=O)c1nc2c(s1)CCN(C(=O)Nc1cccc(Cl)c1)CC2. The lowest BCUT2D eigenvalue weighted by molar-refractivity contribution is 0.0948. The van der Waals surface area contributed by atoms with Crippen LogP contribution in [0.2, 0.25) is 5.02 Å². The van der Waals surface area contributed by atoms with E-state index < -0.39 is 0 Å². The molecule has 2 aromatic rings. The Morgan fingerprint density at radius 1 is 1.30 bits per heavy atom. The Morgan fingerprint density at radius 3 is 2.81 bits per heavy atom. The lowest BCUT2D eigenvalue weighted by Crippen LogP contribution is -2.36. The molecule has 0 bridgehead atoms. The molecule has 6 nitrogen and oxygen atoms in total. The van der Waals surface area contributed by atoms with E-state index in [0.29, 0.717) is 54.1 Å². The quantitative estimate of drug-likeness (QED) is 0.810. The van der Waals surface area contributed by atoms with Gasteiger partial charge in [0.2, 0.25) is 0 Å². The van der Waals surface area contributed by atoms with Crippen LogP contribution in [0.3, 0.4) is 0 Å². The highest BCUT2D eigenvalue weighted by molar-refractivity contribution is 7.13. The second kappa shape index (κ2) is 8.71. The van der Waals surface area contributed by atoms with Crippen molar-refractivity contribution in [2.24, 2.45) is 5.92 Å². The number of rotatable bonds is 4. The van der Waals surface area contributed by atoms with Crippen LogP contribution in [-0.4, -0.2) is 41.5 Å². The zero-order valence-electron chi connectivity index (χ0n) is 15.4. The van der Waals surface area contributed by atoms with Gasteiger partial charge in [-0.05, 0) is 24.1 Å². The van der Waals surface area contributed by atoms with Gasteiger partial charge in [0.1, 0.15) is 0 Å². The molecule has 0 fully saturated rings. The van der Waals surface area contributed by atoms with Gasteiger partial charge in [-0.25, -0.2) is 9.78 Å². The molecule has 3 amide bonds. The predicted molar refractivity (Wildman–Crippen MR) is 109 cm³/mol. The van der Waals surface area contributed by atoms with E-state index in [1.54, 1.807) is 23.1 Å². The van der Waals surface area contributed by atoms with Crippen molar-refractivity contribution in [2.45, 2.75) is 26.7 Å². The average molecular weight is 407 g/mol. The smallest absolute Gasteiger partial charge is 0.321 e. The number of fused-ring (bicyclic) bond motifs is 1. The number of anilines is 1. The molecule has 0 unspecified atom stereocenters. The zero-order chi connectivity index (χ0) is 19.4. The maximum Gasteiger partial charge on any atom is 0.321 e. The summed E-state index contributed by atoms with van der Waals surface area (Å²) in [6, 6.07) is 6.94. The second-order valence-corrected chi connectivity index (χ2v) is 8.44.